The minimum atomic E-state index is 0. The summed E-state index contributed by atoms with van der Waals surface area (Å²) in [5.74, 6) is 3.28. The lowest BCUT2D eigenvalue weighted by atomic mass is 9.84. The van der Waals surface area contributed by atoms with Crippen LogP contribution in [0, 0.1) is 12.8 Å². The maximum absolute atomic E-state index is 6.60. The molecule has 0 bridgehead atoms. The van der Waals surface area contributed by atoms with Gasteiger partial charge >= 0.3 is 0 Å². The van der Waals surface area contributed by atoms with E-state index in [1.807, 2.05) is 13.1 Å². The smallest absolute Gasteiger partial charge is 0.162 e. The lowest BCUT2D eigenvalue weighted by Crippen LogP contribution is -2.36. The SMILES string of the molecule is Cc1nc2c(c(CC3CCC(Oc4cc(N5CCOCC5)cc5ncncc45)CC3)n1)OCC2.[HH]. The van der Waals surface area contributed by atoms with Crippen molar-refractivity contribution in [2.24, 2.45) is 5.92 Å². The summed E-state index contributed by atoms with van der Waals surface area (Å²) in [6.07, 6.45) is 9.85. The first-order valence-electron chi connectivity index (χ1n) is 12.5. The highest BCUT2D eigenvalue weighted by Crippen LogP contribution is 2.36. The van der Waals surface area contributed by atoms with Crippen LogP contribution in [-0.4, -0.2) is 59.0 Å². The van der Waals surface area contributed by atoms with Gasteiger partial charge in [0.25, 0.3) is 0 Å². The molecule has 0 radical (unpaired) electrons. The fourth-order valence-electron chi connectivity index (χ4n) is 5.45. The number of fused-ring (bicyclic) bond motifs is 2. The quantitative estimate of drug-likeness (QED) is 0.563. The average molecular weight is 464 g/mol. The van der Waals surface area contributed by atoms with Crippen molar-refractivity contribution in [1.82, 2.24) is 19.9 Å². The zero-order chi connectivity index (χ0) is 22.9. The van der Waals surface area contributed by atoms with Crippen molar-refractivity contribution in [1.29, 1.82) is 0 Å². The molecule has 0 N–H and O–H groups in total. The third-order valence-electron chi connectivity index (χ3n) is 7.22. The molecule has 2 fully saturated rings. The van der Waals surface area contributed by atoms with E-state index in [2.05, 4.69) is 32.0 Å². The topological polar surface area (TPSA) is 82.5 Å². The number of benzene rings is 1. The monoisotopic (exact) mass is 463 g/mol. The van der Waals surface area contributed by atoms with Crippen molar-refractivity contribution >= 4 is 16.6 Å². The van der Waals surface area contributed by atoms with Crippen LogP contribution in [-0.2, 0) is 17.6 Å². The maximum Gasteiger partial charge on any atom is 0.162 e. The molecule has 2 aliphatic heterocycles. The number of ether oxygens (including phenoxy) is 3. The van der Waals surface area contributed by atoms with Gasteiger partial charge in [-0.2, -0.15) is 0 Å². The molecule has 180 valence electrons. The van der Waals surface area contributed by atoms with Crippen molar-refractivity contribution in [3.05, 3.63) is 41.9 Å². The largest absolute Gasteiger partial charge is 0.490 e. The van der Waals surface area contributed by atoms with Crippen molar-refractivity contribution in [2.45, 2.75) is 51.6 Å². The predicted molar refractivity (Wildman–Crippen MR) is 131 cm³/mol. The maximum atomic E-state index is 6.60. The summed E-state index contributed by atoms with van der Waals surface area (Å²) in [7, 11) is 0. The Morgan fingerprint density at radius 3 is 2.79 bits per heavy atom. The molecule has 1 aromatic carbocycles. The molecule has 34 heavy (non-hydrogen) atoms. The second kappa shape index (κ2) is 9.33. The molecule has 1 saturated heterocycles. The van der Waals surface area contributed by atoms with E-state index in [0.717, 1.165) is 117 Å². The van der Waals surface area contributed by atoms with Crippen molar-refractivity contribution in [2.75, 3.05) is 37.8 Å². The molecule has 6 rings (SSSR count). The van der Waals surface area contributed by atoms with E-state index < -0.39 is 0 Å². The molecule has 1 saturated carbocycles. The molecule has 0 amide bonds. The van der Waals surface area contributed by atoms with E-state index in [1.165, 1.54) is 0 Å². The van der Waals surface area contributed by atoms with Crippen LogP contribution in [0.25, 0.3) is 10.9 Å². The zero-order valence-electron chi connectivity index (χ0n) is 19.7. The summed E-state index contributed by atoms with van der Waals surface area (Å²) >= 11 is 0. The highest BCUT2D eigenvalue weighted by atomic mass is 16.5. The van der Waals surface area contributed by atoms with E-state index in [-0.39, 0.29) is 7.53 Å². The lowest BCUT2D eigenvalue weighted by Gasteiger charge is -2.31. The number of anilines is 1. The predicted octanol–water partition coefficient (Wildman–Crippen LogP) is 3.93. The number of aryl methyl sites for hydroxylation is 1. The molecular weight excluding hydrogens is 430 g/mol. The number of nitrogens with zero attached hydrogens (tertiary/aromatic N) is 5. The van der Waals surface area contributed by atoms with Crippen molar-refractivity contribution in [3.63, 3.8) is 0 Å². The van der Waals surface area contributed by atoms with Crippen molar-refractivity contribution < 1.29 is 15.6 Å². The first-order chi connectivity index (χ1) is 16.7. The lowest BCUT2D eigenvalue weighted by molar-refractivity contribution is 0.122. The Bertz CT molecular complexity index is 1180. The van der Waals surface area contributed by atoms with Crippen LogP contribution in [0.5, 0.6) is 11.5 Å². The number of hydrogen-bond donors (Lipinski definition) is 0. The molecule has 0 spiro atoms. The minimum absolute atomic E-state index is 0. The Kier molecular flexibility index (Phi) is 5.91. The molecule has 8 nitrogen and oxygen atoms in total. The fraction of sp³-hybridized carbons (Fsp3) is 0.538. The van der Waals surface area contributed by atoms with Gasteiger partial charge in [0.15, 0.2) is 5.75 Å². The molecule has 0 unspecified atom stereocenters. The summed E-state index contributed by atoms with van der Waals surface area (Å²) in [6, 6.07) is 4.30. The van der Waals surface area contributed by atoms with E-state index in [9.17, 15) is 0 Å². The molecule has 4 heterocycles. The molecule has 0 atom stereocenters. The molecule has 3 aromatic rings. The van der Waals surface area contributed by atoms with E-state index in [4.69, 9.17) is 19.2 Å². The van der Waals surface area contributed by atoms with E-state index in [0.29, 0.717) is 5.92 Å². The fourth-order valence-corrected chi connectivity index (χ4v) is 5.45. The van der Waals surface area contributed by atoms with Crippen LogP contribution in [0.15, 0.2) is 24.7 Å². The van der Waals surface area contributed by atoms with Gasteiger partial charge < -0.3 is 19.1 Å². The summed E-state index contributed by atoms with van der Waals surface area (Å²) in [5.41, 5.74) is 4.24. The highest BCUT2D eigenvalue weighted by molar-refractivity contribution is 5.88. The van der Waals surface area contributed by atoms with Crippen LogP contribution in [0.1, 0.15) is 44.3 Å². The number of hydrogen-bond acceptors (Lipinski definition) is 8. The third-order valence-corrected chi connectivity index (χ3v) is 7.22. The van der Waals surface area contributed by atoms with Gasteiger partial charge in [-0.3, -0.25) is 0 Å². The second-order valence-electron chi connectivity index (χ2n) is 9.56. The van der Waals surface area contributed by atoms with Crippen LogP contribution < -0.4 is 14.4 Å². The van der Waals surface area contributed by atoms with Crippen LogP contribution in [0.4, 0.5) is 5.69 Å². The second-order valence-corrected chi connectivity index (χ2v) is 9.56. The van der Waals surface area contributed by atoms with Gasteiger partial charge in [0, 0.05) is 38.9 Å². The van der Waals surface area contributed by atoms with Gasteiger partial charge in [-0.15, -0.1) is 0 Å². The Labute approximate surface area is 201 Å². The third kappa shape index (κ3) is 4.39. The molecular formula is C26H33N5O3. The van der Waals surface area contributed by atoms with Crippen molar-refractivity contribution in [3.8, 4) is 11.5 Å². The summed E-state index contributed by atoms with van der Waals surface area (Å²) in [4.78, 5) is 20.4. The van der Waals surface area contributed by atoms with Gasteiger partial charge in [-0.05, 0) is 51.0 Å². The number of morpholine rings is 1. The van der Waals surface area contributed by atoms with Crippen LogP contribution >= 0.6 is 0 Å². The van der Waals surface area contributed by atoms with Gasteiger partial charge in [0.2, 0.25) is 0 Å². The molecule has 2 aromatic heterocycles. The van der Waals surface area contributed by atoms with Gasteiger partial charge in [0.05, 0.1) is 48.2 Å². The summed E-state index contributed by atoms with van der Waals surface area (Å²) in [6.45, 7) is 5.98. The summed E-state index contributed by atoms with van der Waals surface area (Å²) < 4.78 is 18.0. The first kappa shape index (κ1) is 21.5. The van der Waals surface area contributed by atoms with Crippen LogP contribution in [0.2, 0.25) is 0 Å². The zero-order valence-corrected chi connectivity index (χ0v) is 19.7. The van der Waals surface area contributed by atoms with E-state index >= 15 is 0 Å². The molecule has 3 aliphatic rings. The Morgan fingerprint density at radius 2 is 1.94 bits per heavy atom. The highest BCUT2D eigenvalue weighted by Gasteiger charge is 2.27. The Morgan fingerprint density at radius 1 is 1.09 bits per heavy atom. The minimum Gasteiger partial charge on any atom is -0.490 e. The van der Waals surface area contributed by atoms with E-state index in [1.54, 1.807) is 6.33 Å². The number of aromatic nitrogens is 4. The average Bonchev–Trinajstić information content (AvgIpc) is 3.34. The first-order valence-corrected chi connectivity index (χ1v) is 12.5. The van der Waals surface area contributed by atoms with Gasteiger partial charge in [-0.1, -0.05) is 0 Å². The molecule has 1 aliphatic carbocycles. The Balaban J connectivity index is 0.00000253. The Hall–Kier alpha value is -3.00. The normalized spacial score (nSPS) is 22.4. The standard InChI is InChI=1S/C26H31N5O3.H2/c1-17-29-22-6-9-33-26(22)24(30-17)12-18-2-4-20(5-3-18)34-25-14-19(31-7-10-32-11-8-31)13-23-21(25)15-27-16-28-23;/h13-16,18,20H,2-12H2,1H3;1H. The van der Waals surface area contributed by atoms with Crippen LogP contribution in [0.3, 0.4) is 0 Å². The van der Waals surface area contributed by atoms with Gasteiger partial charge in [0.1, 0.15) is 17.9 Å². The number of rotatable bonds is 5. The molecule has 8 heteroatoms. The van der Waals surface area contributed by atoms with Gasteiger partial charge in [-0.25, -0.2) is 19.9 Å². The summed E-state index contributed by atoms with van der Waals surface area (Å²) in [5, 5.41) is 0.978.